The number of hydrogen-bond donors (Lipinski definition) is 1. The first-order valence-electron chi connectivity index (χ1n) is 6.42. The van der Waals surface area contributed by atoms with Crippen molar-refractivity contribution >= 4 is 5.97 Å². The number of hydrogen-bond acceptors (Lipinski definition) is 1. The maximum Gasteiger partial charge on any atom is 0.320 e. The smallest absolute Gasteiger partial charge is 0.320 e. The van der Waals surface area contributed by atoms with Gasteiger partial charge in [-0.15, -0.1) is 0 Å². The van der Waals surface area contributed by atoms with E-state index >= 15 is 0 Å². The molecule has 1 N–H and O–H groups in total. The van der Waals surface area contributed by atoms with Crippen LogP contribution in [0.5, 0.6) is 0 Å². The highest BCUT2D eigenvalue weighted by atomic mass is 19.3. The molecular formula is C14H19F2NO2. The zero-order chi connectivity index (χ0) is 14.6. The Morgan fingerprint density at radius 3 is 2.37 bits per heavy atom. The van der Waals surface area contributed by atoms with Gasteiger partial charge in [0, 0.05) is 24.4 Å². The van der Waals surface area contributed by atoms with Crippen LogP contribution in [0.3, 0.4) is 0 Å². The second-order valence-corrected chi connectivity index (χ2v) is 5.88. The predicted octanol–water partition coefficient (Wildman–Crippen LogP) is 3.12. The van der Waals surface area contributed by atoms with Crippen molar-refractivity contribution in [3.63, 3.8) is 0 Å². The van der Waals surface area contributed by atoms with Crippen molar-refractivity contribution in [2.75, 3.05) is 0 Å². The summed E-state index contributed by atoms with van der Waals surface area (Å²) in [5, 5.41) is 9.21. The first kappa shape index (κ1) is 14.0. The Morgan fingerprint density at radius 1 is 1.47 bits per heavy atom. The number of carbonyl (C=O) groups is 1. The third kappa shape index (κ3) is 1.86. The third-order valence-electron chi connectivity index (χ3n) is 3.93. The standard InChI is InChI=1S/C14H19F2NO2/c1-8(2)6-17-9(3)5-11(10(17)4)13(12(18)19)7-14(13,15)16/h5,8H,6-7H2,1-4H3,(H,18,19). The van der Waals surface area contributed by atoms with E-state index in [4.69, 9.17) is 0 Å². The average molecular weight is 271 g/mol. The van der Waals surface area contributed by atoms with Crippen molar-refractivity contribution in [2.45, 2.75) is 52.0 Å². The quantitative estimate of drug-likeness (QED) is 0.914. The lowest BCUT2D eigenvalue weighted by Crippen LogP contribution is -2.27. The molecule has 1 fully saturated rings. The molecule has 1 atom stereocenters. The largest absolute Gasteiger partial charge is 0.480 e. The lowest BCUT2D eigenvalue weighted by molar-refractivity contribution is -0.143. The minimum absolute atomic E-state index is 0.267. The highest BCUT2D eigenvalue weighted by Crippen LogP contribution is 2.62. The van der Waals surface area contributed by atoms with Gasteiger partial charge in [0.15, 0.2) is 5.41 Å². The second-order valence-electron chi connectivity index (χ2n) is 5.88. The predicted molar refractivity (Wildman–Crippen MR) is 67.6 cm³/mol. The summed E-state index contributed by atoms with van der Waals surface area (Å²) in [6.07, 6.45) is -0.596. The molecular weight excluding hydrogens is 252 g/mol. The van der Waals surface area contributed by atoms with Gasteiger partial charge in [-0.25, -0.2) is 8.78 Å². The lowest BCUT2D eigenvalue weighted by atomic mass is 9.95. The van der Waals surface area contributed by atoms with Crippen LogP contribution in [0.4, 0.5) is 8.78 Å². The molecule has 0 aliphatic heterocycles. The molecule has 1 aromatic rings. The topological polar surface area (TPSA) is 42.2 Å². The lowest BCUT2D eigenvalue weighted by Gasteiger charge is -2.15. The van der Waals surface area contributed by atoms with Gasteiger partial charge in [0.25, 0.3) is 5.92 Å². The first-order chi connectivity index (χ1) is 8.63. The minimum Gasteiger partial charge on any atom is -0.480 e. The van der Waals surface area contributed by atoms with E-state index in [-0.39, 0.29) is 5.56 Å². The van der Waals surface area contributed by atoms with E-state index in [0.29, 0.717) is 18.2 Å². The van der Waals surface area contributed by atoms with Gasteiger partial charge in [-0.3, -0.25) is 4.79 Å². The Labute approximate surface area is 111 Å². The summed E-state index contributed by atoms with van der Waals surface area (Å²) in [5.41, 5.74) is -0.261. The van der Waals surface area contributed by atoms with Gasteiger partial charge in [-0.2, -0.15) is 0 Å². The molecule has 0 radical (unpaired) electrons. The Morgan fingerprint density at radius 2 is 2.00 bits per heavy atom. The van der Waals surface area contributed by atoms with Gasteiger partial charge in [-0.05, 0) is 31.4 Å². The molecule has 106 valence electrons. The fourth-order valence-corrected chi connectivity index (χ4v) is 2.81. The zero-order valence-electron chi connectivity index (χ0n) is 11.6. The average Bonchev–Trinajstić information content (AvgIpc) is 2.75. The van der Waals surface area contributed by atoms with Crippen LogP contribution in [0.15, 0.2) is 6.07 Å². The Kier molecular flexibility index (Phi) is 2.99. The van der Waals surface area contributed by atoms with Crippen LogP contribution in [0.1, 0.15) is 37.2 Å². The highest BCUT2D eigenvalue weighted by molar-refractivity contribution is 5.88. The van der Waals surface area contributed by atoms with Gasteiger partial charge in [0.2, 0.25) is 0 Å². The molecule has 1 aliphatic carbocycles. The van der Waals surface area contributed by atoms with Gasteiger partial charge in [-0.1, -0.05) is 13.8 Å². The monoisotopic (exact) mass is 271 g/mol. The number of rotatable bonds is 4. The maximum absolute atomic E-state index is 13.6. The molecule has 1 heterocycles. The van der Waals surface area contributed by atoms with Crippen LogP contribution >= 0.6 is 0 Å². The van der Waals surface area contributed by atoms with Gasteiger partial charge >= 0.3 is 5.97 Å². The highest BCUT2D eigenvalue weighted by Gasteiger charge is 2.78. The molecule has 2 rings (SSSR count). The van der Waals surface area contributed by atoms with Crippen LogP contribution < -0.4 is 0 Å². The summed E-state index contributed by atoms with van der Waals surface area (Å²) in [6.45, 7) is 8.34. The van der Waals surface area contributed by atoms with Gasteiger partial charge in [0.05, 0.1) is 0 Å². The van der Waals surface area contributed by atoms with Crippen LogP contribution in [0, 0.1) is 19.8 Å². The number of aliphatic carboxylic acids is 1. The molecule has 3 nitrogen and oxygen atoms in total. The molecule has 0 aromatic carbocycles. The van der Waals surface area contributed by atoms with Crippen molar-refractivity contribution in [3.8, 4) is 0 Å². The number of halogens is 2. The molecule has 0 saturated heterocycles. The molecule has 19 heavy (non-hydrogen) atoms. The SMILES string of the molecule is Cc1cc(C2(C(=O)O)CC2(F)F)c(C)n1CC(C)C. The molecule has 1 aromatic heterocycles. The molecule has 0 spiro atoms. The molecule has 1 unspecified atom stereocenters. The van der Waals surface area contributed by atoms with Crippen LogP contribution in [0.25, 0.3) is 0 Å². The van der Waals surface area contributed by atoms with Crippen LogP contribution in [-0.2, 0) is 16.8 Å². The zero-order valence-corrected chi connectivity index (χ0v) is 11.6. The Balaban J connectivity index is 2.51. The second kappa shape index (κ2) is 4.05. The number of carboxylic acids is 1. The van der Waals surface area contributed by atoms with E-state index in [1.165, 1.54) is 0 Å². The summed E-state index contributed by atoms with van der Waals surface area (Å²) in [7, 11) is 0. The summed E-state index contributed by atoms with van der Waals surface area (Å²) >= 11 is 0. The van der Waals surface area contributed by atoms with Gasteiger partial charge < -0.3 is 9.67 Å². The number of aryl methyl sites for hydroxylation is 1. The number of carboxylic acid groups (broad SMARTS) is 1. The molecule has 0 amide bonds. The summed E-state index contributed by atoms with van der Waals surface area (Å²) in [6, 6.07) is 1.60. The minimum atomic E-state index is -3.14. The molecule has 0 bridgehead atoms. The van der Waals surface area contributed by atoms with Crippen molar-refractivity contribution in [2.24, 2.45) is 5.92 Å². The molecule has 1 saturated carbocycles. The van der Waals surface area contributed by atoms with Crippen molar-refractivity contribution in [3.05, 3.63) is 23.0 Å². The summed E-state index contributed by atoms with van der Waals surface area (Å²) < 4.78 is 29.1. The van der Waals surface area contributed by atoms with Crippen molar-refractivity contribution in [1.29, 1.82) is 0 Å². The van der Waals surface area contributed by atoms with Gasteiger partial charge in [0.1, 0.15) is 0 Å². The molecule has 5 heteroatoms. The van der Waals surface area contributed by atoms with E-state index in [0.717, 1.165) is 5.69 Å². The maximum atomic E-state index is 13.6. The van der Waals surface area contributed by atoms with E-state index in [2.05, 4.69) is 0 Å². The van der Waals surface area contributed by atoms with Crippen molar-refractivity contribution < 1.29 is 18.7 Å². The summed E-state index contributed by atoms with van der Waals surface area (Å²) in [4.78, 5) is 11.3. The number of nitrogens with zero attached hydrogens (tertiary/aromatic N) is 1. The van der Waals surface area contributed by atoms with E-state index in [1.54, 1.807) is 13.0 Å². The number of alkyl halides is 2. The first-order valence-corrected chi connectivity index (χ1v) is 6.42. The summed E-state index contributed by atoms with van der Waals surface area (Å²) in [5.74, 6) is -4.19. The van der Waals surface area contributed by atoms with E-state index in [1.807, 2.05) is 25.3 Å². The normalized spacial score (nSPS) is 24.8. The van der Waals surface area contributed by atoms with E-state index in [9.17, 15) is 18.7 Å². The number of aromatic nitrogens is 1. The van der Waals surface area contributed by atoms with Crippen molar-refractivity contribution in [1.82, 2.24) is 4.57 Å². The fraction of sp³-hybridized carbons (Fsp3) is 0.643. The van der Waals surface area contributed by atoms with Crippen LogP contribution in [-0.4, -0.2) is 21.6 Å². The Hall–Kier alpha value is -1.39. The third-order valence-corrected chi connectivity index (χ3v) is 3.93. The van der Waals surface area contributed by atoms with Crippen LogP contribution in [0.2, 0.25) is 0 Å². The molecule has 1 aliphatic rings. The van der Waals surface area contributed by atoms with E-state index < -0.39 is 23.7 Å². The Bertz CT molecular complexity index is 534. The fourth-order valence-electron chi connectivity index (χ4n) is 2.81.